The second kappa shape index (κ2) is 4.36. The Morgan fingerprint density at radius 1 is 1.25 bits per heavy atom. The average Bonchev–Trinajstić information content (AvgIpc) is 2.69. The molecule has 0 radical (unpaired) electrons. The molecule has 2 rings (SSSR count). The van der Waals surface area contributed by atoms with E-state index in [0.717, 1.165) is 17.1 Å². The van der Waals surface area contributed by atoms with Crippen molar-refractivity contribution in [2.45, 2.75) is 13.0 Å². The Labute approximate surface area is 93.7 Å². The van der Waals surface area contributed by atoms with Gasteiger partial charge in [-0.1, -0.05) is 5.21 Å². The molecule has 6 nitrogen and oxygen atoms in total. The summed E-state index contributed by atoms with van der Waals surface area (Å²) in [6.45, 7) is 1.91. The minimum absolute atomic E-state index is 0.0342. The molecule has 0 amide bonds. The molecule has 2 aromatic rings. The zero-order valence-electron chi connectivity index (χ0n) is 9.55. The zero-order valence-corrected chi connectivity index (χ0v) is 9.55. The number of nitrogens with one attached hydrogen (secondary N) is 1. The van der Waals surface area contributed by atoms with Crippen molar-refractivity contribution in [2.24, 2.45) is 7.05 Å². The third-order valence-corrected chi connectivity index (χ3v) is 2.43. The molecule has 6 heteroatoms. The van der Waals surface area contributed by atoms with Crippen LogP contribution in [0, 0.1) is 6.92 Å². The van der Waals surface area contributed by atoms with E-state index in [-0.39, 0.29) is 6.04 Å². The Hall–Kier alpha value is -1.82. The lowest BCUT2D eigenvalue weighted by Crippen LogP contribution is -2.21. The average molecular weight is 218 g/mol. The van der Waals surface area contributed by atoms with E-state index < -0.39 is 0 Å². The van der Waals surface area contributed by atoms with Crippen LogP contribution in [-0.2, 0) is 7.05 Å². The van der Waals surface area contributed by atoms with Crippen LogP contribution in [-0.4, -0.2) is 32.0 Å². The monoisotopic (exact) mass is 218 g/mol. The molecule has 0 aliphatic rings. The van der Waals surface area contributed by atoms with Gasteiger partial charge in [-0.25, -0.2) is 0 Å². The van der Waals surface area contributed by atoms with Crippen LogP contribution >= 0.6 is 0 Å². The van der Waals surface area contributed by atoms with Crippen molar-refractivity contribution in [1.29, 1.82) is 0 Å². The summed E-state index contributed by atoms with van der Waals surface area (Å²) in [5.41, 5.74) is 2.72. The lowest BCUT2D eigenvalue weighted by atomic mass is 10.1. The number of aryl methyl sites for hydroxylation is 2. The van der Waals surface area contributed by atoms with Gasteiger partial charge in [0.15, 0.2) is 0 Å². The number of hydrogen-bond donors (Lipinski definition) is 1. The van der Waals surface area contributed by atoms with E-state index in [4.69, 9.17) is 0 Å². The van der Waals surface area contributed by atoms with Crippen molar-refractivity contribution in [2.75, 3.05) is 7.05 Å². The van der Waals surface area contributed by atoms with Gasteiger partial charge in [0.05, 0.1) is 35.5 Å². The minimum Gasteiger partial charge on any atom is -0.307 e. The SMILES string of the molecule is CNC(c1cnc(C)cn1)c1cnnn1C. The lowest BCUT2D eigenvalue weighted by Gasteiger charge is -2.14. The summed E-state index contributed by atoms with van der Waals surface area (Å²) in [5.74, 6) is 0. The van der Waals surface area contributed by atoms with Gasteiger partial charge in [0.25, 0.3) is 0 Å². The van der Waals surface area contributed by atoms with Crippen LogP contribution in [0.15, 0.2) is 18.6 Å². The van der Waals surface area contributed by atoms with Crippen LogP contribution in [0.1, 0.15) is 23.1 Å². The van der Waals surface area contributed by atoms with E-state index in [9.17, 15) is 0 Å². The van der Waals surface area contributed by atoms with Gasteiger partial charge in [-0.15, -0.1) is 5.10 Å². The zero-order chi connectivity index (χ0) is 11.5. The molecule has 1 atom stereocenters. The lowest BCUT2D eigenvalue weighted by molar-refractivity contribution is 0.585. The number of aromatic nitrogens is 5. The minimum atomic E-state index is -0.0342. The fourth-order valence-corrected chi connectivity index (χ4v) is 1.56. The summed E-state index contributed by atoms with van der Waals surface area (Å²) in [6.07, 6.45) is 5.25. The highest BCUT2D eigenvalue weighted by Gasteiger charge is 2.17. The summed E-state index contributed by atoms with van der Waals surface area (Å²) in [6, 6.07) is -0.0342. The molecule has 16 heavy (non-hydrogen) atoms. The molecule has 84 valence electrons. The van der Waals surface area contributed by atoms with Gasteiger partial charge in [0, 0.05) is 13.2 Å². The Bertz CT molecular complexity index is 460. The topological polar surface area (TPSA) is 68.5 Å². The van der Waals surface area contributed by atoms with Crippen LogP contribution in [0.3, 0.4) is 0 Å². The standard InChI is InChI=1S/C10H14N6/c1-7-4-13-8(5-12-7)10(11-2)9-6-14-15-16(9)3/h4-6,10-11H,1-3H3. The molecule has 0 saturated carbocycles. The maximum Gasteiger partial charge on any atom is 0.0951 e. The molecule has 2 heterocycles. The molecule has 0 saturated heterocycles. The summed E-state index contributed by atoms with van der Waals surface area (Å²) < 4.78 is 1.72. The third-order valence-electron chi connectivity index (χ3n) is 2.43. The maximum absolute atomic E-state index is 4.35. The summed E-state index contributed by atoms with van der Waals surface area (Å²) in [7, 11) is 3.73. The first-order chi connectivity index (χ1) is 7.72. The van der Waals surface area contributed by atoms with E-state index in [2.05, 4.69) is 25.6 Å². The van der Waals surface area contributed by atoms with Crippen molar-refractivity contribution >= 4 is 0 Å². The van der Waals surface area contributed by atoms with Crippen LogP contribution in [0.25, 0.3) is 0 Å². The Morgan fingerprint density at radius 3 is 2.56 bits per heavy atom. The fourth-order valence-electron chi connectivity index (χ4n) is 1.56. The number of hydrogen-bond acceptors (Lipinski definition) is 5. The molecule has 0 fully saturated rings. The van der Waals surface area contributed by atoms with E-state index in [1.807, 2.05) is 21.0 Å². The normalized spacial score (nSPS) is 12.7. The fraction of sp³-hybridized carbons (Fsp3) is 0.400. The van der Waals surface area contributed by atoms with Crippen LogP contribution < -0.4 is 5.32 Å². The molecule has 0 spiro atoms. The highest BCUT2D eigenvalue weighted by molar-refractivity contribution is 5.17. The van der Waals surface area contributed by atoms with E-state index >= 15 is 0 Å². The predicted molar refractivity (Wildman–Crippen MR) is 58.7 cm³/mol. The highest BCUT2D eigenvalue weighted by Crippen LogP contribution is 2.17. The molecular weight excluding hydrogens is 204 g/mol. The largest absolute Gasteiger partial charge is 0.307 e. The number of nitrogens with zero attached hydrogens (tertiary/aromatic N) is 5. The summed E-state index contributed by atoms with van der Waals surface area (Å²) >= 11 is 0. The van der Waals surface area contributed by atoms with Gasteiger partial charge in [-0.2, -0.15) is 0 Å². The van der Waals surface area contributed by atoms with Crippen molar-refractivity contribution in [3.63, 3.8) is 0 Å². The van der Waals surface area contributed by atoms with Gasteiger partial charge in [-0.3, -0.25) is 14.6 Å². The van der Waals surface area contributed by atoms with E-state index in [0.29, 0.717) is 0 Å². The van der Waals surface area contributed by atoms with Gasteiger partial charge in [0.1, 0.15) is 0 Å². The molecule has 2 aromatic heterocycles. The summed E-state index contributed by atoms with van der Waals surface area (Å²) in [4.78, 5) is 8.59. The van der Waals surface area contributed by atoms with Gasteiger partial charge < -0.3 is 5.32 Å². The molecule has 0 aromatic carbocycles. The Balaban J connectivity index is 2.37. The maximum atomic E-state index is 4.35. The molecule has 0 aliphatic heterocycles. The van der Waals surface area contributed by atoms with Gasteiger partial charge in [0.2, 0.25) is 0 Å². The quantitative estimate of drug-likeness (QED) is 0.798. The molecule has 0 bridgehead atoms. The summed E-state index contributed by atoms with van der Waals surface area (Å²) in [5, 5.41) is 10.9. The first kappa shape index (κ1) is 10.7. The Kier molecular flexibility index (Phi) is 2.91. The van der Waals surface area contributed by atoms with Crippen molar-refractivity contribution in [3.8, 4) is 0 Å². The second-order valence-electron chi connectivity index (χ2n) is 3.59. The van der Waals surface area contributed by atoms with E-state index in [1.54, 1.807) is 23.3 Å². The molecule has 1 unspecified atom stereocenters. The van der Waals surface area contributed by atoms with Gasteiger partial charge in [-0.05, 0) is 14.0 Å². The first-order valence-corrected chi connectivity index (χ1v) is 5.02. The molecule has 1 N–H and O–H groups in total. The van der Waals surface area contributed by atoms with Crippen molar-refractivity contribution < 1.29 is 0 Å². The van der Waals surface area contributed by atoms with Gasteiger partial charge >= 0.3 is 0 Å². The smallest absolute Gasteiger partial charge is 0.0951 e. The van der Waals surface area contributed by atoms with Crippen molar-refractivity contribution in [1.82, 2.24) is 30.3 Å². The van der Waals surface area contributed by atoms with Crippen LogP contribution in [0.5, 0.6) is 0 Å². The van der Waals surface area contributed by atoms with Crippen LogP contribution in [0.2, 0.25) is 0 Å². The first-order valence-electron chi connectivity index (χ1n) is 5.02. The van der Waals surface area contributed by atoms with E-state index in [1.165, 1.54) is 0 Å². The highest BCUT2D eigenvalue weighted by atomic mass is 15.4. The molecular formula is C10H14N6. The third kappa shape index (κ3) is 1.92. The second-order valence-corrected chi connectivity index (χ2v) is 3.59. The predicted octanol–water partition coefficient (Wildman–Crippen LogP) is 0.222. The van der Waals surface area contributed by atoms with Crippen molar-refractivity contribution in [3.05, 3.63) is 35.7 Å². The molecule has 0 aliphatic carbocycles. The number of rotatable bonds is 3. The van der Waals surface area contributed by atoms with Crippen LogP contribution in [0.4, 0.5) is 0 Å². The Morgan fingerprint density at radius 2 is 2.06 bits per heavy atom.